The van der Waals surface area contributed by atoms with Crippen LogP contribution in [0.25, 0.3) is 0 Å². The van der Waals surface area contributed by atoms with E-state index in [1.54, 1.807) is 12.1 Å². The van der Waals surface area contributed by atoms with Gasteiger partial charge in [-0.3, -0.25) is 4.79 Å². The molecule has 0 radical (unpaired) electrons. The van der Waals surface area contributed by atoms with Crippen LogP contribution in [-0.2, 0) is 6.42 Å². The summed E-state index contributed by atoms with van der Waals surface area (Å²) in [5, 5.41) is 9.26. The quantitative estimate of drug-likeness (QED) is 0.830. The van der Waals surface area contributed by atoms with E-state index in [4.69, 9.17) is 0 Å². The van der Waals surface area contributed by atoms with Crippen LogP contribution in [0.2, 0.25) is 0 Å². The smallest absolute Gasteiger partial charge is 0.150 e. The number of benzene rings is 2. The second-order valence-corrected chi connectivity index (χ2v) is 4.51. The van der Waals surface area contributed by atoms with Crippen LogP contribution in [-0.4, -0.2) is 11.4 Å². The Morgan fingerprint density at radius 2 is 1.78 bits per heavy atom. The summed E-state index contributed by atoms with van der Waals surface area (Å²) in [5.74, 6) is 0.589. The van der Waals surface area contributed by atoms with Crippen LogP contribution >= 0.6 is 0 Å². The molecule has 0 heterocycles. The molecule has 0 amide bonds. The zero-order valence-corrected chi connectivity index (χ0v) is 10.3. The molecule has 0 saturated heterocycles. The minimum atomic E-state index is 0.277. The maximum atomic E-state index is 11.0. The van der Waals surface area contributed by atoms with Crippen LogP contribution in [0, 0.1) is 0 Å². The largest absolute Gasteiger partial charge is 0.508 e. The Kier molecular flexibility index (Phi) is 3.78. The maximum absolute atomic E-state index is 11.0. The number of aldehydes is 1. The lowest BCUT2D eigenvalue weighted by atomic mass is 9.92. The second kappa shape index (κ2) is 5.50. The first-order valence-electron chi connectivity index (χ1n) is 6.02. The minimum absolute atomic E-state index is 0.277. The monoisotopic (exact) mass is 240 g/mol. The van der Waals surface area contributed by atoms with Crippen molar-refractivity contribution in [1.29, 1.82) is 0 Å². The third-order valence-corrected chi connectivity index (χ3v) is 3.17. The first kappa shape index (κ1) is 12.4. The predicted octanol–water partition coefficient (Wildman–Crippen LogP) is 3.55. The molecule has 2 rings (SSSR count). The summed E-state index contributed by atoms with van der Waals surface area (Å²) in [6.07, 6.45) is 1.72. The third-order valence-electron chi connectivity index (χ3n) is 3.17. The van der Waals surface area contributed by atoms with Crippen molar-refractivity contribution in [3.05, 3.63) is 65.2 Å². The molecular weight excluding hydrogens is 224 g/mol. The van der Waals surface area contributed by atoms with Crippen molar-refractivity contribution in [1.82, 2.24) is 0 Å². The summed E-state index contributed by atoms with van der Waals surface area (Å²) in [6, 6.07) is 14.9. The summed E-state index contributed by atoms with van der Waals surface area (Å²) in [7, 11) is 0. The van der Waals surface area contributed by atoms with Crippen LogP contribution < -0.4 is 0 Å². The summed E-state index contributed by atoms with van der Waals surface area (Å²) < 4.78 is 0. The Hall–Kier alpha value is -2.09. The molecular formula is C16H16O2. The van der Waals surface area contributed by atoms with Crippen molar-refractivity contribution >= 4 is 6.29 Å². The lowest BCUT2D eigenvalue weighted by molar-refractivity contribution is 0.112. The molecule has 2 aromatic carbocycles. The lowest BCUT2D eigenvalue weighted by Crippen LogP contribution is -2.01. The van der Waals surface area contributed by atoms with E-state index in [9.17, 15) is 9.90 Å². The van der Waals surface area contributed by atoms with Gasteiger partial charge in [0.2, 0.25) is 0 Å². The number of carbonyl (C=O) groups excluding carboxylic acids is 1. The maximum Gasteiger partial charge on any atom is 0.150 e. The van der Waals surface area contributed by atoms with Crippen LogP contribution in [0.3, 0.4) is 0 Å². The number of aromatic hydroxyl groups is 1. The van der Waals surface area contributed by atoms with Crippen molar-refractivity contribution in [3.8, 4) is 5.75 Å². The van der Waals surface area contributed by atoms with Crippen LogP contribution in [0.1, 0.15) is 34.3 Å². The first-order chi connectivity index (χ1) is 8.70. The van der Waals surface area contributed by atoms with E-state index in [1.807, 2.05) is 36.4 Å². The Balaban J connectivity index is 2.18. The molecule has 1 N–H and O–H groups in total. The van der Waals surface area contributed by atoms with Gasteiger partial charge in [0.15, 0.2) is 0 Å². The number of hydrogen-bond donors (Lipinski definition) is 1. The molecule has 0 aromatic heterocycles. The molecule has 0 saturated carbocycles. The van der Waals surface area contributed by atoms with Gasteiger partial charge in [-0.05, 0) is 35.6 Å². The first-order valence-corrected chi connectivity index (χ1v) is 6.02. The molecule has 18 heavy (non-hydrogen) atoms. The highest BCUT2D eigenvalue weighted by atomic mass is 16.3. The van der Waals surface area contributed by atoms with Crippen molar-refractivity contribution in [2.24, 2.45) is 0 Å². The molecule has 1 atom stereocenters. The van der Waals surface area contributed by atoms with E-state index in [0.717, 1.165) is 29.4 Å². The molecule has 92 valence electrons. The van der Waals surface area contributed by atoms with Gasteiger partial charge in [0.05, 0.1) is 0 Å². The zero-order valence-electron chi connectivity index (χ0n) is 10.3. The lowest BCUT2D eigenvalue weighted by Gasteiger charge is -2.13. The Bertz CT molecular complexity index is 529. The summed E-state index contributed by atoms with van der Waals surface area (Å²) >= 11 is 0. The molecule has 2 heteroatoms. The number of hydrogen-bond acceptors (Lipinski definition) is 2. The van der Waals surface area contributed by atoms with E-state index in [1.165, 1.54) is 0 Å². The summed E-state index contributed by atoms with van der Waals surface area (Å²) in [4.78, 5) is 11.0. The van der Waals surface area contributed by atoms with E-state index >= 15 is 0 Å². The molecule has 0 aliphatic rings. The molecule has 0 aliphatic heterocycles. The van der Waals surface area contributed by atoms with E-state index in [2.05, 4.69) is 6.92 Å². The Morgan fingerprint density at radius 1 is 1.11 bits per heavy atom. The zero-order chi connectivity index (χ0) is 13.0. The van der Waals surface area contributed by atoms with Gasteiger partial charge in [-0.25, -0.2) is 0 Å². The van der Waals surface area contributed by atoms with Crippen LogP contribution in [0.15, 0.2) is 48.5 Å². The van der Waals surface area contributed by atoms with Gasteiger partial charge in [0.25, 0.3) is 0 Å². The SMILES string of the molecule is C[C@@H](Cc1ccccc1C=O)c1ccc(O)cc1. The molecule has 0 aliphatic carbocycles. The third kappa shape index (κ3) is 2.77. The van der Waals surface area contributed by atoms with E-state index < -0.39 is 0 Å². The predicted molar refractivity (Wildman–Crippen MR) is 72.1 cm³/mol. The topological polar surface area (TPSA) is 37.3 Å². The standard InChI is InChI=1S/C16H16O2/c1-12(13-6-8-16(18)9-7-13)10-14-4-2-3-5-15(14)11-17/h2-9,11-12,18H,10H2,1H3/t12-/m0/s1. The molecule has 0 unspecified atom stereocenters. The van der Waals surface area contributed by atoms with Crippen molar-refractivity contribution < 1.29 is 9.90 Å². The fourth-order valence-electron chi connectivity index (χ4n) is 2.09. The number of phenols is 1. The van der Waals surface area contributed by atoms with Gasteiger partial charge >= 0.3 is 0 Å². The number of phenolic OH excluding ortho intramolecular Hbond substituents is 1. The van der Waals surface area contributed by atoms with E-state index in [0.29, 0.717) is 5.92 Å². The molecule has 2 nitrogen and oxygen atoms in total. The van der Waals surface area contributed by atoms with Crippen molar-refractivity contribution in [3.63, 3.8) is 0 Å². The fourth-order valence-corrected chi connectivity index (χ4v) is 2.09. The van der Waals surface area contributed by atoms with Crippen molar-refractivity contribution in [2.45, 2.75) is 19.3 Å². The van der Waals surface area contributed by atoms with Gasteiger partial charge < -0.3 is 5.11 Å². The Labute approximate surface area is 107 Å². The highest BCUT2D eigenvalue weighted by molar-refractivity contribution is 5.77. The highest BCUT2D eigenvalue weighted by Crippen LogP contribution is 2.23. The normalized spacial score (nSPS) is 12.1. The van der Waals surface area contributed by atoms with Crippen molar-refractivity contribution in [2.75, 3.05) is 0 Å². The van der Waals surface area contributed by atoms with Crippen LogP contribution in [0.5, 0.6) is 5.75 Å². The highest BCUT2D eigenvalue weighted by Gasteiger charge is 2.09. The Morgan fingerprint density at radius 3 is 2.44 bits per heavy atom. The molecule has 0 fully saturated rings. The average Bonchev–Trinajstić information content (AvgIpc) is 2.40. The number of rotatable bonds is 4. The van der Waals surface area contributed by atoms with Gasteiger partial charge in [-0.1, -0.05) is 43.3 Å². The summed E-state index contributed by atoms with van der Waals surface area (Å²) in [6.45, 7) is 2.12. The molecule has 0 bridgehead atoms. The average molecular weight is 240 g/mol. The van der Waals surface area contributed by atoms with Gasteiger partial charge in [0, 0.05) is 5.56 Å². The second-order valence-electron chi connectivity index (χ2n) is 4.51. The van der Waals surface area contributed by atoms with E-state index in [-0.39, 0.29) is 5.75 Å². The summed E-state index contributed by atoms with van der Waals surface area (Å²) in [5.41, 5.74) is 2.98. The van der Waals surface area contributed by atoms with Gasteiger partial charge in [-0.2, -0.15) is 0 Å². The van der Waals surface area contributed by atoms with Gasteiger partial charge in [0.1, 0.15) is 12.0 Å². The number of carbonyl (C=O) groups is 1. The van der Waals surface area contributed by atoms with Gasteiger partial charge in [-0.15, -0.1) is 0 Å². The molecule has 2 aromatic rings. The minimum Gasteiger partial charge on any atom is -0.508 e. The molecule has 0 spiro atoms. The van der Waals surface area contributed by atoms with Crippen LogP contribution in [0.4, 0.5) is 0 Å². The fraction of sp³-hybridized carbons (Fsp3) is 0.188.